The van der Waals surface area contributed by atoms with Gasteiger partial charge in [-0.2, -0.15) is 0 Å². The summed E-state index contributed by atoms with van der Waals surface area (Å²) in [5.41, 5.74) is 2.11. The van der Waals surface area contributed by atoms with E-state index in [1.54, 1.807) is 12.3 Å². The highest BCUT2D eigenvalue weighted by atomic mass is 35.5. The molecular weight excluding hydrogens is 222 g/mol. The van der Waals surface area contributed by atoms with Crippen LogP contribution in [0.4, 0.5) is 5.82 Å². The Morgan fingerprint density at radius 2 is 2.12 bits per heavy atom. The number of hydrogen-bond acceptors (Lipinski definition) is 3. The molecular formula is C12H12ClN3. The van der Waals surface area contributed by atoms with Gasteiger partial charge >= 0.3 is 0 Å². The maximum Gasteiger partial charge on any atom is 0.129 e. The predicted octanol–water partition coefficient (Wildman–Crippen LogP) is 2.76. The number of nitrogens with one attached hydrogen (secondary N) is 1. The zero-order chi connectivity index (χ0) is 11.4. The van der Waals surface area contributed by atoms with Crippen molar-refractivity contribution in [1.82, 2.24) is 9.97 Å². The van der Waals surface area contributed by atoms with Crippen molar-refractivity contribution in [2.75, 3.05) is 12.4 Å². The van der Waals surface area contributed by atoms with E-state index in [4.69, 9.17) is 11.6 Å². The summed E-state index contributed by atoms with van der Waals surface area (Å²) >= 11 is 5.73. The molecule has 16 heavy (non-hydrogen) atoms. The lowest BCUT2D eigenvalue weighted by atomic mass is 10.1. The Hall–Kier alpha value is -1.61. The van der Waals surface area contributed by atoms with Gasteiger partial charge in [0.25, 0.3) is 0 Å². The van der Waals surface area contributed by atoms with Crippen molar-refractivity contribution in [2.45, 2.75) is 6.42 Å². The summed E-state index contributed by atoms with van der Waals surface area (Å²) in [5.74, 6) is 0.874. The highest BCUT2D eigenvalue weighted by molar-refractivity contribution is 6.29. The van der Waals surface area contributed by atoms with E-state index in [-0.39, 0.29) is 0 Å². The van der Waals surface area contributed by atoms with Crippen LogP contribution in [0.3, 0.4) is 0 Å². The Balaban J connectivity index is 2.16. The van der Waals surface area contributed by atoms with Crippen molar-refractivity contribution in [3.63, 3.8) is 0 Å². The number of rotatable bonds is 3. The molecule has 4 heteroatoms. The molecule has 0 radical (unpaired) electrons. The Morgan fingerprint density at radius 3 is 2.81 bits per heavy atom. The summed E-state index contributed by atoms with van der Waals surface area (Å²) in [6.07, 6.45) is 2.54. The van der Waals surface area contributed by atoms with Crippen molar-refractivity contribution >= 4 is 17.4 Å². The van der Waals surface area contributed by atoms with Gasteiger partial charge in [0.15, 0.2) is 0 Å². The van der Waals surface area contributed by atoms with Crippen LogP contribution >= 0.6 is 11.6 Å². The molecule has 0 aliphatic carbocycles. The summed E-state index contributed by atoms with van der Waals surface area (Å²) in [7, 11) is 1.86. The van der Waals surface area contributed by atoms with Crippen LogP contribution < -0.4 is 5.32 Å². The summed E-state index contributed by atoms with van der Waals surface area (Å²) in [6, 6.07) is 9.67. The molecule has 2 aromatic rings. The van der Waals surface area contributed by atoms with E-state index < -0.39 is 0 Å². The van der Waals surface area contributed by atoms with Gasteiger partial charge in [0, 0.05) is 25.4 Å². The molecule has 1 N–H and O–H groups in total. The average molecular weight is 234 g/mol. The molecule has 0 saturated heterocycles. The minimum Gasteiger partial charge on any atom is -0.373 e. The van der Waals surface area contributed by atoms with Crippen LogP contribution in [0.1, 0.15) is 11.3 Å². The minimum absolute atomic E-state index is 0.515. The number of pyridine rings is 2. The summed E-state index contributed by atoms with van der Waals surface area (Å²) in [4.78, 5) is 8.48. The van der Waals surface area contributed by atoms with E-state index in [0.29, 0.717) is 5.15 Å². The molecule has 0 aliphatic heterocycles. The molecule has 2 aromatic heterocycles. The molecule has 0 unspecified atom stereocenters. The van der Waals surface area contributed by atoms with E-state index in [0.717, 1.165) is 23.5 Å². The van der Waals surface area contributed by atoms with Crippen molar-refractivity contribution < 1.29 is 0 Å². The highest BCUT2D eigenvalue weighted by Crippen LogP contribution is 2.11. The van der Waals surface area contributed by atoms with E-state index in [1.807, 2.05) is 31.3 Å². The fourth-order valence-electron chi connectivity index (χ4n) is 1.44. The van der Waals surface area contributed by atoms with Gasteiger partial charge in [-0.1, -0.05) is 23.7 Å². The molecule has 2 heterocycles. The third kappa shape index (κ3) is 2.70. The summed E-state index contributed by atoms with van der Waals surface area (Å²) in [6.45, 7) is 0. The van der Waals surface area contributed by atoms with Crippen LogP contribution in [-0.2, 0) is 6.42 Å². The van der Waals surface area contributed by atoms with Gasteiger partial charge in [-0.25, -0.2) is 9.97 Å². The Morgan fingerprint density at radius 1 is 1.25 bits per heavy atom. The van der Waals surface area contributed by atoms with Crippen LogP contribution in [0.2, 0.25) is 5.15 Å². The number of hydrogen-bond donors (Lipinski definition) is 1. The molecule has 0 bridgehead atoms. The SMILES string of the molecule is CNc1cccc(Cc2ccc(Cl)nc2)n1. The number of aromatic nitrogens is 2. The first-order valence-corrected chi connectivity index (χ1v) is 5.40. The van der Waals surface area contributed by atoms with Crippen LogP contribution in [-0.4, -0.2) is 17.0 Å². The molecule has 0 spiro atoms. The Bertz CT molecular complexity index is 468. The fourth-order valence-corrected chi connectivity index (χ4v) is 1.55. The van der Waals surface area contributed by atoms with Crippen LogP contribution in [0.15, 0.2) is 36.5 Å². The maximum atomic E-state index is 5.73. The van der Waals surface area contributed by atoms with Gasteiger partial charge in [-0.15, -0.1) is 0 Å². The lowest BCUT2D eigenvalue weighted by Gasteiger charge is -2.03. The van der Waals surface area contributed by atoms with E-state index in [1.165, 1.54) is 0 Å². The highest BCUT2D eigenvalue weighted by Gasteiger charge is 1.99. The first-order chi connectivity index (χ1) is 7.78. The second-order valence-corrected chi connectivity index (χ2v) is 3.82. The molecule has 3 nitrogen and oxygen atoms in total. The summed E-state index contributed by atoms with van der Waals surface area (Å²) < 4.78 is 0. The molecule has 0 amide bonds. The zero-order valence-electron chi connectivity index (χ0n) is 8.94. The molecule has 0 fully saturated rings. The van der Waals surface area contributed by atoms with Crippen LogP contribution in [0.25, 0.3) is 0 Å². The second-order valence-electron chi connectivity index (χ2n) is 3.43. The van der Waals surface area contributed by atoms with Gasteiger partial charge in [0.05, 0.1) is 0 Å². The molecule has 82 valence electrons. The topological polar surface area (TPSA) is 37.8 Å². The lowest BCUT2D eigenvalue weighted by molar-refractivity contribution is 1.06. The quantitative estimate of drug-likeness (QED) is 0.829. The number of halogens is 1. The van der Waals surface area contributed by atoms with Gasteiger partial charge in [-0.3, -0.25) is 0 Å². The smallest absolute Gasteiger partial charge is 0.129 e. The van der Waals surface area contributed by atoms with Crippen molar-refractivity contribution in [3.05, 3.63) is 52.9 Å². The van der Waals surface area contributed by atoms with Gasteiger partial charge < -0.3 is 5.32 Å². The van der Waals surface area contributed by atoms with Crippen molar-refractivity contribution in [1.29, 1.82) is 0 Å². The monoisotopic (exact) mass is 233 g/mol. The van der Waals surface area contributed by atoms with Crippen molar-refractivity contribution in [2.24, 2.45) is 0 Å². The first-order valence-electron chi connectivity index (χ1n) is 5.02. The average Bonchev–Trinajstić information content (AvgIpc) is 2.32. The number of nitrogens with zero attached hydrogens (tertiary/aromatic N) is 2. The molecule has 0 aromatic carbocycles. The Labute approximate surface area is 99.5 Å². The molecule has 0 aliphatic rings. The standard InChI is InChI=1S/C12H12ClN3/c1-14-12-4-2-3-10(16-12)7-9-5-6-11(13)15-8-9/h2-6,8H,7H2,1H3,(H,14,16). The second kappa shape index (κ2) is 4.94. The summed E-state index contributed by atoms with van der Waals surface area (Å²) in [5, 5.41) is 3.53. The third-order valence-corrected chi connectivity index (χ3v) is 2.46. The van der Waals surface area contributed by atoms with Gasteiger partial charge in [-0.05, 0) is 23.8 Å². The fraction of sp³-hybridized carbons (Fsp3) is 0.167. The lowest BCUT2D eigenvalue weighted by Crippen LogP contribution is -1.97. The van der Waals surface area contributed by atoms with Gasteiger partial charge in [0.1, 0.15) is 11.0 Å². The molecule has 2 rings (SSSR count). The predicted molar refractivity (Wildman–Crippen MR) is 65.8 cm³/mol. The minimum atomic E-state index is 0.515. The van der Waals surface area contributed by atoms with Gasteiger partial charge in [0.2, 0.25) is 0 Å². The first kappa shape index (κ1) is 10.9. The zero-order valence-corrected chi connectivity index (χ0v) is 9.70. The van der Waals surface area contributed by atoms with Crippen LogP contribution in [0.5, 0.6) is 0 Å². The third-order valence-electron chi connectivity index (χ3n) is 2.24. The number of anilines is 1. The molecule has 0 saturated carbocycles. The normalized spacial score (nSPS) is 10.1. The maximum absolute atomic E-state index is 5.73. The van der Waals surface area contributed by atoms with E-state index in [9.17, 15) is 0 Å². The Kier molecular flexibility index (Phi) is 3.37. The van der Waals surface area contributed by atoms with Crippen molar-refractivity contribution in [3.8, 4) is 0 Å². The van der Waals surface area contributed by atoms with E-state index >= 15 is 0 Å². The largest absolute Gasteiger partial charge is 0.373 e. The van der Waals surface area contributed by atoms with Crippen LogP contribution in [0, 0.1) is 0 Å². The molecule has 0 atom stereocenters. The van der Waals surface area contributed by atoms with E-state index in [2.05, 4.69) is 15.3 Å².